The number of halogens is 3. The molecule has 4 nitrogen and oxygen atoms in total. The Morgan fingerprint density at radius 3 is 2.38 bits per heavy atom. The van der Waals surface area contributed by atoms with Gasteiger partial charge in [0.15, 0.2) is 0 Å². The number of alkyl halides is 3. The van der Waals surface area contributed by atoms with Gasteiger partial charge in [0.1, 0.15) is 0 Å². The van der Waals surface area contributed by atoms with Crippen LogP contribution in [-0.4, -0.2) is 48.7 Å². The molecule has 1 amide bonds. The maximum Gasteiger partial charge on any atom is 0.393 e. The first kappa shape index (κ1) is 16.5. The Kier molecular flexibility index (Phi) is 5.48. The first-order chi connectivity index (χ1) is 9.86. The molecule has 0 aromatic heterocycles. The van der Waals surface area contributed by atoms with E-state index in [1.807, 2.05) is 4.90 Å². The molecular formula is C14H24F3N3O. The summed E-state index contributed by atoms with van der Waals surface area (Å²) in [5.41, 5.74) is 5.79. The molecule has 21 heavy (non-hydrogen) atoms. The van der Waals surface area contributed by atoms with Gasteiger partial charge in [-0.15, -0.1) is 0 Å². The van der Waals surface area contributed by atoms with Gasteiger partial charge in [0.05, 0.1) is 12.5 Å². The summed E-state index contributed by atoms with van der Waals surface area (Å²) >= 11 is 0. The molecule has 0 aromatic carbocycles. The SMILES string of the molecule is NC1CCN(CC(=O)NC2CCCCC2C(F)(F)F)CC1. The molecule has 2 rings (SSSR count). The van der Waals surface area contributed by atoms with Crippen LogP contribution in [-0.2, 0) is 4.79 Å². The van der Waals surface area contributed by atoms with Crippen LogP contribution in [0.2, 0.25) is 0 Å². The molecular weight excluding hydrogens is 283 g/mol. The first-order valence-electron chi connectivity index (χ1n) is 7.70. The largest absolute Gasteiger partial charge is 0.393 e. The van der Waals surface area contributed by atoms with Gasteiger partial charge in [-0.2, -0.15) is 13.2 Å². The second kappa shape index (κ2) is 6.96. The minimum atomic E-state index is -4.23. The van der Waals surface area contributed by atoms with Crippen LogP contribution in [0.25, 0.3) is 0 Å². The van der Waals surface area contributed by atoms with Crippen molar-refractivity contribution in [3.8, 4) is 0 Å². The van der Waals surface area contributed by atoms with E-state index in [0.29, 0.717) is 12.8 Å². The number of likely N-dealkylation sites (tertiary alicyclic amines) is 1. The quantitative estimate of drug-likeness (QED) is 0.833. The van der Waals surface area contributed by atoms with E-state index in [2.05, 4.69) is 5.32 Å². The molecule has 1 heterocycles. The third-order valence-corrected chi connectivity index (χ3v) is 4.53. The van der Waals surface area contributed by atoms with Crippen molar-refractivity contribution in [2.75, 3.05) is 19.6 Å². The number of hydrogen-bond acceptors (Lipinski definition) is 3. The zero-order valence-corrected chi connectivity index (χ0v) is 12.2. The number of nitrogens with two attached hydrogens (primary N) is 1. The van der Waals surface area contributed by atoms with E-state index < -0.39 is 18.1 Å². The summed E-state index contributed by atoms with van der Waals surface area (Å²) in [5, 5.41) is 2.60. The summed E-state index contributed by atoms with van der Waals surface area (Å²) in [6.45, 7) is 1.65. The number of nitrogens with one attached hydrogen (secondary N) is 1. The Labute approximate surface area is 123 Å². The summed E-state index contributed by atoms with van der Waals surface area (Å²) in [7, 11) is 0. The van der Waals surface area contributed by atoms with E-state index in [-0.39, 0.29) is 24.9 Å². The lowest BCUT2D eigenvalue weighted by Gasteiger charge is -2.34. The van der Waals surface area contributed by atoms with Crippen LogP contribution in [0.4, 0.5) is 13.2 Å². The number of carbonyl (C=O) groups is 1. The smallest absolute Gasteiger partial charge is 0.352 e. The van der Waals surface area contributed by atoms with E-state index in [1.54, 1.807) is 0 Å². The van der Waals surface area contributed by atoms with Gasteiger partial charge in [-0.3, -0.25) is 9.69 Å². The molecule has 0 aromatic rings. The molecule has 122 valence electrons. The Morgan fingerprint density at radius 2 is 1.76 bits per heavy atom. The van der Waals surface area contributed by atoms with Crippen LogP contribution < -0.4 is 11.1 Å². The van der Waals surface area contributed by atoms with Crippen molar-refractivity contribution < 1.29 is 18.0 Å². The lowest BCUT2D eigenvalue weighted by atomic mass is 9.84. The molecule has 2 unspecified atom stereocenters. The fourth-order valence-electron chi connectivity index (χ4n) is 3.26. The van der Waals surface area contributed by atoms with E-state index in [9.17, 15) is 18.0 Å². The number of nitrogens with zero attached hydrogens (tertiary/aromatic N) is 1. The lowest BCUT2D eigenvalue weighted by molar-refractivity contribution is -0.189. The van der Waals surface area contributed by atoms with Crippen LogP contribution in [0.5, 0.6) is 0 Å². The van der Waals surface area contributed by atoms with Crippen molar-refractivity contribution in [2.45, 2.75) is 56.8 Å². The van der Waals surface area contributed by atoms with Crippen molar-refractivity contribution in [1.82, 2.24) is 10.2 Å². The minimum absolute atomic E-state index is 0.118. The molecule has 1 saturated heterocycles. The van der Waals surface area contributed by atoms with Gasteiger partial charge in [-0.25, -0.2) is 0 Å². The zero-order valence-electron chi connectivity index (χ0n) is 12.2. The molecule has 0 spiro atoms. The van der Waals surface area contributed by atoms with Crippen molar-refractivity contribution in [2.24, 2.45) is 11.7 Å². The number of piperidine rings is 1. The predicted octanol–water partition coefficient (Wildman–Crippen LogP) is 1.65. The van der Waals surface area contributed by atoms with E-state index in [1.165, 1.54) is 0 Å². The Bertz CT molecular complexity index is 354. The number of hydrogen-bond donors (Lipinski definition) is 2. The average Bonchev–Trinajstić information content (AvgIpc) is 2.41. The maximum absolute atomic E-state index is 13.0. The maximum atomic E-state index is 13.0. The highest BCUT2D eigenvalue weighted by molar-refractivity contribution is 5.78. The van der Waals surface area contributed by atoms with Crippen LogP contribution >= 0.6 is 0 Å². The van der Waals surface area contributed by atoms with Crippen LogP contribution in [0.3, 0.4) is 0 Å². The molecule has 3 N–H and O–H groups in total. The third-order valence-electron chi connectivity index (χ3n) is 4.53. The highest BCUT2D eigenvalue weighted by Crippen LogP contribution is 2.37. The third kappa shape index (κ3) is 4.85. The van der Waals surface area contributed by atoms with Gasteiger partial charge in [-0.1, -0.05) is 12.8 Å². The molecule has 2 atom stereocenters. The summed E-state index contributed by atoms with van der Waals surface area (Å²) in [6.07, 6.45) is -0.690. The Hall–Kier alpha value is -0.820. The molecule has 2 fully saturated rings. The van der Waals surface area contributed by atoms with Crippen molar-refractivity contribution in [3.63, 3.8) is 0 Å². The summed E-state index contributed by atoms with van der Waals surface area (Å²) in [4.78, 5) is 13.9. The van der Waals surface area contributed by atoms with Crippen LogP contribution in [0.15, 0.2) is 0 Å². The first-order valence-corrected chi connectivity index (χ1v) is 7.70. The van der Waals surface area contributed by atoms with Gasteiger partial charge in [-0.05, 0) is 25.7 Å². The van der Waals surface area contributed by atoms with E-state index in [4.69, 9.17) is 5.73 Å². The summed E-state index contributed by atoms with van der Waals surface area (Å²) in [6, 6.07) is -0.587. The molecule has 1 saturated carbocycles. The minimum Gasteiger partial charge on any atom is -0.352 e. The molecule has 0 radical (unpaired) electrons. The molecule has 1 aliphatic carbocycles. The topological polar surface area (TPSA) is 58.4 Å². The Morgan fingerprint density at radius 1 is 1.14 bits per heavy atom. The monoisotopic (exact) mass is 307 g/mol. The van der Waals surface area contributed by atoms with Gasteiger partial charge >= 0.3 is 6.18 Å². The van der Waals surface area contributed by atoms with E-state index in [0.717, 1.165) is 32.4 Å². The highest BCUT2D eigenvalue weighted by Gasteiger charge is 2.45. The lowest BCUT2D eigenvalue weighted by Crippen LogP contribution is -2.51. The van der Waals surface area contributed by atoms with Crippen molar-refractivity contribution >= 4 is 5.91 Å². The molecule has 7 heteroatoms. The van der Waals surface area contributed by atoms with E-state index >= 15 is 0 Å². The fourth-order valence-corrected chi connectivity index (χ4v) is 3.26. The molecule has 0 bridgehead atoms. The highest BCUT2D eigenvalue weighted by atomic mass is 19.4. The van der Waals surface area contributed by atoms with Gasteiger partial charge in [0, 0.05) is 25.2 Å². The van der Waals surface area contributed by atoms with Crippen LogP contribution in [0, 0.1) is 5.92 Å². The van der Waals surface area contributed by atoms with Crippen molar-refractivity contribution in [3.05, 3.63) is 0 Å². The second-order valence-corrected chi connectivity index (χ2v) is 6.22. The fraction of sp³-hybridized carbons (Fsp3) is 0.929. The Balaban J connectivity index is 1.83. The number of rotatable bonds is 3. The standard InChI is InChI=1S/C14H24F3N3O/c15-14(16,17)11-3-1-2-4-12(11)19-13(21)9-20-7-5-10(18)6-8-20/h10-12H,1-9,18H2,(H,19,21). The van der Waals surface area contributed by atoms with Crippen molar-refractivity contribution in [1.29, 1.82) is 0 Å². The second-order valence-electron chi connectivity index (χ2n) is 6.22. The van der Waals surface area contributed by atoms with Crippen LogP contribution in [0.1, 0.15) is 38.5 Å². The zero-order chi connectivity index (χ0) is 15.5. The summed E-state index contributed by atoms with van der Waals surface area (Å²) in [5.74, 6) is -1.70. The predicted molar refractivity (Wildman–Crippen MR) is 73.6 cm³/mol. The normalized spacial score (nSPS) is 29.3. The van der Waals surface area contributed by atoms with Gasteiger partial charge < -0.3 is 11.1 Å². The van der Waals surface area contributed by atoms with Gasteiger partial charge in [0.25, 0.3) is 0 Å². The number of amides is 1. The molecule has 1 aliphatic heterocycles. The van der Waals surface area contributed by atoms with Gasteiger partial charge in [0.2, 0.25) is 5.91 Å². The molecule has 2 aliphatic rings. The average molecular weight is 307 g/mol. The summed E-state index contributed by atoms with van der Waals surface area (Å²) < 4.78 is 38.9. The number of carbonyl (C=O) groups excluding carboxylic acids is 1.